The molecule has 1 aromatic rings. The number of benzene rings is 1. The molecular formula is C23H38. The lowest BCUT2D eigenvalue weighted by atomic mass is 9.74. The van der Waals surface area contributed by atoms with Gasteiger partial charge in [0, 0.05) is 0 Å². The van der Waals surface area contributed by atoms with Crippen molar-refractivity contribution in [3.63, 3.8) is 0 Å². The van der Waals surface area contributed by atoms with E-state index in [1.807, 2.05) is 0 Å². The smallest absolute Gasteiger partial charge is 0.0208 e. The molecule has 1 fully saturated rings. The minimum atomic E-state index is 0.792. The summed E-state index contributed by atoms with van der Waals surface area (Å²) in [6.07, 6.45) is 10.7. The van der Waals surface area contributed by atoms with Crippen molar-refractivity contribution in [2.45, 2.75) is 73.1 Å². The van der Waals surface area contributed by atoms with Gasteiger partial charge in [-0.15, -0.1) is 6.58 Å². The van der Waals surface area contributed by atoms with E-state index in [4.69, 9.17) is 0 Å². The molecule has 0 N–H and O–H groups in total. The highest BCUT2D eigenvalue weighted by atomic mass is 14.3. The van der Waals surface area contributed by atoms with Gasteiger partial charge in [0.05, 0.1) is 0 Å². The van der Waals surface area contributed by atoms with E-state index in [0.29, 0.717) is 0 Å². The molecule has 0 saturated heterocycles. The molecule has 130 valence electrons. The molecule has 0 heteroatoms. The van der Waals surface area contributed by atoms with Crippen molar-refractivity contribution in [3.05, 3.63) is 48.0 Å². The van der Waals surface area contributed by atoms with E-state index in [0.717, 1.165) is 23.7 Å². The lowest BCUT2D eigenvalue weighted by molar-refractivity contribution is 0.226. The quantitative estimate of drug-likeness (QED) is 0.498. The SMILES string of the molecule is C=CC(CCC(C)C)C1CCC(C)CC1.Cc1ccc(C)cc1. The summed E-state index contributed by atoms with van der Waals surface area (Å²) >= 11 is 0. The van der Waals surface area contributed by atoms with Crippen LogP contribution in [-0.4, -0.2) is 0 Å². The number of hydrogen-bond acceptors (Lipinski definition) is 0. The minimum absolute atomic E-state index is 0.792. The summed E-state index contributed by atoms with van der Waals surface area (Å²) in [5.74, 6) is 3.55. The van der Waals surface area contributed by atoms with Gasteiger partial charge in [-0.1, -0.05) is 81.5 Å². The maximum absolute atomic E-state index is 4.03. The first-order chi connectivity index (χ1) is 10.9. The molecule has 0 amide bonds. The Bertz CT molecular complexity index is 397. The summed E-state index contributed by atoms with van der Waals surface area (Å²) in [4.78, 5) is 0. The Hall–Kier alpha value is -1.04. The van der Waals surface area contributed by atoms with Crippen LogP contribution in [0.25, 0.3) is 0 Å². The third kappa shape index (κ3) is 8.39. The molecule has 2 rings (SSSR count). The Balaban J connectivity index is 0.000000277. The van der Waals surface area contributed by atoms with Crippen LogP contribution in [0, 0.1) is 37.5 Å². The van der Waals surface area contributed by atoms with Crippen molar-refractivity contribution >= 4 is 0 Å². The zero-order valence-corrected chi connectivity index (χ0v) is 16.1. The highest BCUT2D eigenvalue weighted by Crippen LogP contribution is 2.36. The Morgan fingerprint density at radius 1 is 0.957 bits per heavy atom. The monoisotopic (exact) mass is 314 g/mol. The van der Waals surface area contributed by atoms with E-state index < -0.39 is 0 Å². The van der Waals surface area contributed by atoms with E-state index in [1.165, 1.54) is 49.7 Å². The molecule has 23 heavy (non-hydrogen) atoms. The Labute approximate surface area is 145 Å². The average Bonchev–Trinajstić information content (AvgIpc) is 2.53. The van der Waals surface area contributed by atoms with Crippen LogP contribution in [0.1, 0.15) is 70.4 Å². The van der Waals surface area contributed by atoms with Crippen LogP contribution in [0.2, 0.25) is 0 Å². The number of rotatable bonds is 5. The molecule has 1 unspecified atom stereocenters. The van der Waals surface area contributed by atoms with Crippen LogP contribution in [0.5, 0.6) is 0 Å². The second-order valence-corrected chi connectivity index (χ2v) is 8.05. The van der Waals surface area contributed by atoms with Crippen LogP contribution < -0.4 is 0 Å². The fraction of sp³-hybridized carbons (Fsp3) is 0.652. The molecule has 1 saturated carbocycles. The number of hydrogen-bond donors (Lipinski definition) is 0. The highest BCUT2D eigenvalue weighted by Gasteiger charge is 2.23. The van der Waals surface area contributed by atoms with Crippen molar-refractivity contribution in [1.82, 2.24) is 0 Å². The van der Waals surface area contributed by atoms with Gasteiger partial charge in [-0.2, -0.15) is 0 Å². The zero-order valence-electron chi connectivity index (χ0n) is 16.1. The zero-order chi connectivity index (χ0) is 17.2. The second kappa shape index (κ2) is 10.7. The van der Waals surface area contributed by atoms with Gasteiger partial charge in [0.15, 0.2) is 0 Å². The lowest BCUT2D eigenvalue weighted by Gasteiger charge is -2.31. The van der Waals surface area contributed by atoms with Gasteiger partial charge in [0.1, 0.15) is 0 Å². The van der Waals surface area contributed by atoms with E-state index in [2.05, 4.69) is 71.5 Å². The fourth-order valence-corrected chi connectivity index (χ4v) is 3.42. The third-order valence-corrected chi connectivity index (χ3v) is 5.26. The number of allylic oxidation sites excluding steroid dienone is 1. The second-order valence-electron chi connectivity index (χ2n) is 8.05. The summed E-state index contributed by atoms with van der Waals surface area (Å²) in [5, 5.41) is 0. The predicted molar refractivity (Wildman–Crippen MR) is 105 cm³/mol. The molecule has 0 heterocycles. The predicted octanol–water partition coefficient (Wildman–Crippen LogP) is 7.35. The third-order valence-electron chi connectivity index (χ3n) is 5.26. The van der Waals surface area contributed by atoms with Gasteiger partial charge in [-0.05, 0) is 56.8 Å². The average molecular weight is 315 g/mol. The first-order valence-electron chi connectivity index (χ1n) is 9.58. The van der Waals surface area contributed by atoms with Crippen molar-refractivity contribution in [2.24, 2.45) is 23.7 Å². The van der Waals surface area contributed by atoms with Gasteiger partial charge >= 0.3 is 0 Å². The summed E-state index contributed by atoms with van der Waals surface area (Å²) in [7, 11) is 0. The Morgan fingerprint density at radius 3 is 1.83 bits per heavy atom. The van der Waals surface area contributed by atoms with E-state index >= 15 is 0 Å². The summed E-state index contributed by atoms with van der Waals surface area (Å²) < 4.78 is 0. The minimum Gasteiger partial charge on any atom is -0.103 e. The standard InChI is InChI=1S/C15H28.C8H10/c1-5-14(9-6-12(2)3)15-10-7-13(4)8-11-15;1-7-3-5-8(2)6-4-7/h5,12-15H,1,6-11H2,2-4H3;3-6H,1-2H3. The largest absolute Gasteiger partial charge is 0.103 e. The van der Waals surface area contributed by atoms with Gasteiger partial charge < -0.3 is 0 Å². The molecule has 0 aliphatic heterocycles. The van der Waals surface area contributed by atoms with Gasteiger partial charge in [0.2, 0.25) is 0 Å². The fourth-order valence-electron chi connectivity index (χ4n) is 3.42. The Morgan fingerprint density at radius 2 is 1.43 bits per heavy atom. The van der Waals surface area contributed by atoms with Crippen LogP contribution in [0.15, 0.2) is 36.9 Å². The van der Waals surface area contributed by atoms with Gasteiger partial charge in [-0.3, -0.25) is 0 Å². The van der Waals surface area contributed by atoms with Crippen molar-refractivity contribution in [3.8, 4) is 0 Å². The molecule has 0 nitrogen and oxygen atoms in total. The maximum Gasteiger partial charge on any atom is -0.0208 e. The molecular weight excluding hydrogens is 276 g/mol. The van der Waals surface area contributed by atoms with Crippen LogP contribution in [-0.2, 0) is 0 Å². The molecule has 0 spiro atoms. The van der Waals surface area contributed by atoms with Crippen molar-refractivity contribution in [2.75, 3.05) is 0 Å². The van der Waals surface area contributed by atoms with E-state index in [1.54, 1.807) is 0 Å². The van der Waals surface area contributed by atoms with Gasteiger partial charge in [-0.25, -0.2) is 0 Å². The topological polar surface area (TPSA) is 0 Å². The summed E-state index contributed by atoms with van der Waals surface area (Å²) in [6.45, 7) is 15.3. The first kappa shape index (κ1) is 20.0. The summed E-state index contributed by atoms with van der Waals surface area (Å²) in [5.41, 5.74) is 2.66. The molecule has 1 aromatic carbocycles. The molecule has 0 bridgehead atoms. The van der Waals surface area contributed by atoms with Crippen LogP contribution in [0.4, 0.5) is 0 Å². The Kier molecular flexibility index (Phi) is 9.29. The number of aryl methyl sites for hydroxylation is 2. The van der Waals surface area contributed by atoms with Crippen LogP contribution >= 0.6 is 0 Å². The first-order valence-corrected chi connectivity index (χ1v) is 9.58. The highest BCUT2D eigenvalue weighted by molar-refractivity contribution is 5.19. The van der Waals surface area contributed by atoms with Crippen LogP contribution in [0.3, 0.4) is 0 Å². The molecule has 1 atom stereocenters. The van der Waals surface area contributed by atoms with E-state index in [9.17, 15) is 0 Å². The summed E-state index contributed by atoms with van der Waals surface area (Å²) in [6, 6.07) is 8.48. The van der Waals surface area contributed by atoms with Crippen molar-refractivity contribution < 1.29 is 0 Å². The molecule has 0 radical (unpaired) electrons. The van der Waals surface area contributed by atoms with Gasteiger partial charge in [0.25, 0.3) is 0 Å². The lowest BCUT2D eigenvalue weighted by Crippen LogP contribution is -2.19. The maximum atomic E-state index is 4.03. The molecule has 1 aliphatic rings. The molecule has 0 aromatic heterocycles. The normalized spacial score (nSPS) is 22.2. The molecule has 1 aliphatic carbocycles. The van der Waals surface area contributed by atoms with E-state index in [-0.39, 0.29) is 0 Å². The van der Waals surface area contributed by atoms with Crippen molar-refractivity contribution in [1.29, 1.82) is 0 Å².